The third-order valence-electron chi connectivity index (χ3n) is 2.76. The summed E-state index contributed by atoms with van der Waals surface area (Å²) in [5.74, 6) is -0.382. The van der Waals surface area contributed by atoms with Gasteiger partial charge in [0.2, 0.25) is 5.95 Å². The number of benzene rings is 1. The van der Waals surface area contributed by atoms with Gasteiger partial charge in [-0.05, 0) is 19.1 Å². The predicted octanol–water partition coefficient (Wildman–Crippen LogP) is 0.585. The molecule has 0 saturated carbocycles. The molecule has 2 rings (SSSR count). The normalized spacial score (nSPS) is 11.7. The van der Waals surface area contributed by atoms with Crippen molar-refractivity contribution < 1.29 is 17.9 Å². The Bertz CT molecular complexity index is 764. The number of carbonyl (C=O) groups is 1. The number of imidazole rings is 1. The summed E-state index contributed by atoms with van der Waals surface area (Å²) in [6.07, 6.45) is 1.10. The predicted molar refractivity (Wildman–Crippen MR) is 73.9 cm³/mol. The van der Waals surface area contributed by atoms with Gasteiger partial charge in [-0.3, -0.25) is 9.36 Å². The standard InChI is InChI=1S/C12H15N3O4S/c1-3-19-10(16)7-15-8-5-4-6-9(20(2,17)18)11(8)14-12(15)13/h4-6H,3,7H2,1-2H3,(H2,13,14). The van der Waals surface area contributed by atoms with Gasteiger partial charge in [0.15, 0.2) is 9.84 Å². The summed E-state index contributed by atoms with van der Waals surface area (Å²) in [4.78, 5) is 15.7. The Kier molecular flexibility index (Phi) is 3.67. The van der Waals surface area contributed by atoms with Crippen LogP contribution in [0.5, 0.6) is 0 Å². The topological polar surface area (TPSA) is 104 Å². The molecule has 2 aromatic rings. The zero-order valence-electron chi connectivity index (χ0n) is 11.2. The van der Waals surface area contributed by atoms with Gasteiger partial charge in [-0.1, -0.05) is 6.07 Å². The first-order valence-electron chi connectivity index (χ1n) is 5.95. The summed E-state index contributed by atoms with van der Waals surface area (Å²) in [5, 5.41) is 0. The number of aromatic nitrogens is 2. The Balaban J connectivity index is 2.58. The number of sulfone groups is 1. The zero-order valence-corrected chi connectivity index (χ0v) is 12.0. The maximum absolute atomic E-state index is 11.7. The van der Waals surface area contributed by atoms with Crippen molar-refractivity contribution >= 4 is 32.8 Å². The summed E-state index contributed by atoms with van der Waals surface area (Å²) < 4.78 is 29.7. The van der Waals surface area contributed by atoms with Crippen molar-refractivity contribution in [3.8, 4) is 0 Å². The van der Waals surface area contributed by atoms with Crippen molar-refractivity contribution in [2.45, 2.75) is 18.4 Å². The Morgan fingerprint density at radius 1 is 1.45 bits per heavy atom. The SMILES string of the molecule is CCOC(=O)Cn1c(N)nc2c(S(C)(=O)=O)cccc21. The van der Waals surface area contributed by atoms with Gasteiger partial charge in [-0.25, -0.2) is 13.4 Å². The van der Waals surface area contributed by atoms with Gasteiger partial charge in [0.25, 0.3) is 0 Å². The van der Waals surface area contributed by atoms with E-state index in [4.69, 9.17) is 10.5 Å². The number of hydrogen-bond acceptors (Lipinski definition) is 6. The smallest absolute Gasteiger partial charge is 0.326 e. The van der Waals surface area contributed by atoms with E-state index >= 15 is 0 Å². The van der Waals surface area contributed by atoms with Crippen molar-refractivity contribution in [3.05, 3.63) is 18.2 Å². The Morgan fingerprint density at radius 2 is 2.15 bits per heavy atom. The number of nitrogens with two attached hydrogens (primary N) is 1. The van der Waals surface area contributed by atoms with Crippen molar-refractivity contribution in [3.63, 3.8) is 0 Å². The highest BCUT2D eigenvalue weighted by Crippen LogP contribution is 2.24. The lowest BCUT2D eigenvalue weighted by Crippen LogP contribution is -2.15. The van der Waals surface area contributed by atoms with E-state index in [-0.39, 0.29) is 29.5 Å². The van der Waals surface area contributed by atoms with Gasteiger partial charge in [0, 0.05) is 6.26 Å². The summed E-state index contributed by atoms with van der Waals surface area (Å²) >= 11 is 0. The monoisotopic (exact) mass is 297 g/mol. The minimum absolute atomic E-state index is 0.0733. The molecule has 108 valence electrons. The van der Waals surface area contributed by atoms with E-state index in [0.29, 0.717) is 5.52 Å². The number of nitrogen functional groups attached to an aromatic ring is 1. The van der Waals surface area contributed by atoms with Crippen LogP contribution in [0.4, 0.5) is 5.95 Å². The molecule has 0 atom stereocenters. The first-order chi connectivity index (χ1) is 9.34. The number of carbonyl (C=O) groups excluding carboxylic acids is 1. The van der Waals surface area contributed by atoms with Gasteiger partial charge >= 0.3 is 5.97 Å². The molecule has 8 heteroatoms. The van der Waals surface area contributed by atoms with E-state index < -0.39 is 15.8 Å². The van der Waals surface area contributed by atoms with Crippen LogP contribution in [-0.2, 0) is 25.9 Å². The highest BCUT2D eigenvalue weighted by Gasteiger charge is 2.18. The fraction of sp³-hybridized carbons (Fsp3) is 0.333. The summed E-state index contributed by atoms with van der Waals surface area (Å²) in [6.45, 7) is 1.86. The molecule has 1 heterocycles. The molecule has 0 radical (unpaired) electrons. The Labute approximate surface area is 116 Å². The minimum atomic E-state index is -3.42. The lowest BCUT2D eigenvalue weighted by molar-refractivity contribution is -0.143. The molecule has 0 aliphatic heterocycles. The van der Waals surface area contributed by atoms with Crippen molar-refractivity contribution in [2.75, 3.05) is 18.6 Å². The molecular weight excluding hydrogens is 282 g/mol. The number of esters is 1. The molecule has 0 bridgehead atoms. The fourth-order valence-electron chi connectivity index (χ4n) is 1.94. The minimum Gasteiger partial charge on any atom is -0.465 e. The zero-order chi connectivity index (χ0) is 14.9. The number of nitrogens with zero attached hydrogens (tertiary/aromatic N) is 2. The molecule has 0 spiro atoms. The summed E-state index contributed by atoms with van der Waals surface area (Å²) in [6, 6.07) is 4.70. The van der Waals surface area contributed by atoms with E-state index in [1.807, 2.05) is 0 Å². The number of fused-ring (bicyclic) bond motifs is 1. The molecule has 20 heavy (non-hydrogen) atoms. The number of rotatable bonds is 4. The molecule has 2 N–H and O–H groups in total. The third kappa shape index (κ3) is 2.60. The number of hydrogen-bond donors (Lipinski definition) is 1. The molecule has 0 fully saturated rings. The molecule has 0 aliphatic carbocycles. The quantitative estimate of drug-likeness (QED) is 0.828. The average molecular weight is 297 g/mol. The highest BCUT2D eigenvalue weighted by molar-refractivity contribution is 7.91. The lowest BCUT2D eigenvalue weighted by Gasteiger charge is -2.06. The fourth-order valence-corrected chi connectivity index (χ4v) is 2.77. The van der Waals surface area contributed by atoms with Gasteiger partial charge < -0.3 is 10.5 Å². The van der Waals surface area contributed by atoms with Crippen LogP contribution < -0.4 is 5.73 Å². The Morgan fingerprint density at radius 3 is 2.75 bits per heavy atom. The second-order valence-electron chi connectivity index (χ2n) is 4.26. The first kappa shape index (κ1) is 14.3. The molecule has 7 nitrogen and oxygen atoms in total. The molecule has 1 aromatic carbocycles. The van der Waals surface area contributed by atoms with Gasteiger partial charge in [-0.15, -0.1) is 0 Å². The summed E-state index contributed by atoms with van der Waals surface area (Å²) in [5.41, 5.74) is 6.50. The second-order valence-corrected chi connectivity index (χ2v) is 6.24. The number of anilines is 1. The van der Waals surface area contributed by atoms with Gasteiger partial charge in [-0.2, -0.15) is 0 Å². The average Bonchev–Trinajstić information content (AvgIpc) is 2.65. The largest absolute Gasteiger partial charge is 0.465 e. The van der Waals surface area contributed by atoms with Gasteiger partial charge in [0.05, 0.1) is 17.0 Å². The van der Waals surface area contributed by atoms with E-state index in [1.165, 1.54) is 10.6 Å². The van der Waals surface area contributed by atoms with Crippen LogP contribution in [0, 0.1) is 0 Å². The van der Waals surface area contributed by atoms with E-state index in [1.54, 1.807) is 19.1 Å². The van der Waals surface area contributed by atoms with Crippen LogP contribution in [0.15, 0.2) is 23.1 Å². The Hall–Kier alpha value is -2.09. The van der Waals surface area contributed by atoms with Gasteiger partial charge in [0.1, 0.15) is 12.1 Å². The van der Waals surface area contributed by atoms with Crippen LogP contribution >= 0.6 is 0 Å². The van der Waals surface area contributed by atoms with Crippen LogP contribution in [0.1, 0.15) is 6.92 Å². The molecular formula is C12H15N3O4S. The van der Waals surface area contributed by atoms with Crippen LogP contribution in [0.25, 0.3) is 11.0 Å². The third-order valence-corrected chi connectivity index (χ3v) is 3.89. The molecule has 0 amide bonds. The van der Waals surface area contributed by atoms with E-state index in [0.717, 1.165) is 6.26 Å². The molecule has 1 aromatic heterocycles. The van der Waals surface area contributed by atoms with Crippen LogP contribution in [0.3, 0.4) is 0 Å². The second kappa shape index (κ2) is 5.12. The molecule has 0 aliphatic rings. The van der Waals surface area contributed by atoms with Crippen molar-refractivity contribution in [1.82, 2.24) is 9.55 Å². The van der Waals surface area contributed by atoms with Crippen molar-refractivity contribution in [1.29, 1.82) is 0 Å². The van der Waals surface area contributed by atoms with Crippen molar-refractivity contribution in [2.24, 2.45) is 0 Å². The van der Waals surface area contributed by atoms with Crippen LogP contribution in [0.2, 0.25) is 0 Å². The maximum Gasteiger partial charge on any atom is 0.326 e. The molecule has 0 unspecified atom stereocenters. The highest BCUT2D eigenvalue weighted by atomic mass is 32.2. The van der Waals surface area contributed by atoms with E-state index in [9.17, 15) is 13.2 Å². The van der Waals surface area contributed by atoms with Crippen LogP contribution in [-0.4, -0.2) is 36.8 Å². The number of ether oxygens (including phenoxy) is 1. The summed E-state index contributed by atoms with van der Waals surface area (Å²) in [7, 11) is -3.42. The first-order valence-corrected chi connectivity index (χ1v) is 7.84. The maximum atomic E-state index is 11.7. The molecule has 0 saturated heterocycles. The van der Waals surface area contributed by atoms with E-state index in [2.05, 4.69) is 4.98 Å². The lowest BCUT2D eigenvalue weighted by atomic mass is 10.3. The number of para-hydroxylation sites is 1.